The van der Waals surface area contributed by atoms with Crippen LogP contribution in [0.3, 0.4) is 0 Å². The number of aliphatic imine (C=N–C) groups is 1. The molecule has 0 atom stereocenters. The van der Waals surface area contributed by atoms with Gasteiger partial charge >= 0.3 is 0 Å². The minimum absolute atomic E-state index is 0.180. The van der Waals surface area contributed by atoms with Crippen molar-refractivity contribution < 1.29 is 4.39 Å². The van der Waals surface area contributed by atoms with Gasteiger partial charge in [-0.1, -0.05) is 15.9 Å². The van der Waals surface area contributed by atoms with Gasteiger partial charge in [0.2, 0.25) is 0 Å². The number of benzene rings is 1. The minimum atomic E-state index is -0.180. The summed E-state index contributed by atoms with van der Waals surface area (Å²) in [6, 6.07) is 5.29. The molecule has 3 nitrogen and oxygen atoms in total. The first-order valence-corrected chi connectivity index (χ1v) is 7.31. The van der Waals surface area contributed by atoms with Gasteiger partial charge in [-0.25, -0.2) is 4.39 Å². The number of hydrogen-bond donors (Lipinski definition) is 2. The van der Waals surface area contributed by atoms with E-state index in [4.69, 9.17) is 0 Å². The summed E-state index contributed by atoms with van der Waals surface area (Å²) >= 11 is 3.35. The van der Waals surface area contributed by atoms with Gasteiger partial charge in [0.25, 0.3) is 0 Å². The van der Waals surface area contributed by atoms with Gasteiger partial charge in [0.1, 0.15) is 5.82 Å². The van der Waals surface area contributed by atoms with Gasteiger partial charge < -0.3 is 10.6 Å². The standard InChI is InChI=1S/C14H21BrFN3/c1-4-17-14(19-10(2)3)18-8-7-11-9-12(15)5-6-13(11)16/h5-6,9-10H,4,7-8H2,1-3H3,(H2,17,18,19). The second-order valence-electron chi connectivity index (χ2n) is 4.55. The maximum Gasteiger partial charge on any atom is 0.191 e. The van der Waals surface area contributed by atoms with Crippen molar-refractivity contribution in [1.82, 2.24) is 10.6 Å². The average Bonchev–Trinajstić information content (AvgIpc) is 2.33. The van der Waals surface area contributed by atoms with Crippen LogP contribution in [0.25, 0.3) is 0 Å². The van der Waals surface area contributed by atoms with Gasteiger partial charge in [-0.3, -0.25) is 4.99 Å². The molecule has 0 saturated carbocycles. The molecular weight excluding hydrogens is 309 g/mol. The Morgan fingerprint density at radius 3 is 2.79 bits per heavy atom. The molecule has 19 heavy (non-hydrogen) atoms. The molecule has 0 saturated heterocycles. The zero-order valence-corrected chi connectivity index (χ0v) is 13.2. The van der Waals surface area contributed by atoms with E-state index in [1.807, 2.05) is 6.92 Å². The normalized spacial score (nSPS) is 11.8. The highest BCUT2D eigenvalue weighted by molar-refractivity contribution is 9.10. The Morgan fingerprint density at radius 1 is 1.42 bits per heavy atom. The summed E-state index contributed by atoms with van der Waals surface area (Å²) in [5, 5.41) is 6.39. The fraction of sp³-hybridized carbons (Fsp3) is 0.500. The molecule has 1 aromatic carbocycles. The zero-order valence-electron chi connectivity index (χ0n) is 11.6. The molecule has 0 aliphatic heterocycles. The topological polar surface area (TPSA) is 36.4 Å². The monoisotopic (exact) mass is 329 g/mol. The Morgan fingerprint density at radius 2 is 2.16 bits per heavy atom. The molecule has 0 aliphatic rings. The quantitative estimate of drug-likeness (QED) is 0.643. The van der Waals surface area contributed by atoms with Crippen LogP contribution in [0.1, 0.15) is 26.3 Å². The van der Waals surface area contributed by atoms with E-state index >= 15 is 0 Å². The summed E-state index contributed by atoms with van der Waals surface area (Å²) in [7, 11) is 0. The summed E-state index contributed by atoms with van der Waals surface area (Å²) in [5.41, 5.74) is 0.679. The lowest BCUT2D eigenvalue weighted by molar-refractivity contribution is 0.608. The van der Waals surface area contributed by atoms with Crippen molar-refractivity contribution in [2.24, 2.45) is 4.99 Å². The Labute approximate surface area is 122 Å². The van der Waals surface area contributed by atoms with Crippen molar-refractivity contribution in [2.45, 2.75) is 33.2 Å². The van der Waals surface area contributed by atoms with Crippen molar-refractivity contribution >= 4 is 21.9 Å². The van der Waals surface area contributed by atoms with E-state index in [0.29, 0.717) is 24.6 Å². The van der Waals surface area contributed by atoms with E-state index in [9.17, 15) is 4.39 Å². The van der Waals surface area contributed by atoms with Crippen LogP contribution in [-0.4, -0.2) is 25.1 Å². The first-order valence-electron chi connectivity index (χ1n) is 6.51. The highest BCUT2D eigenvalue weighted by Gasteiger charge is 2.03. The van der Waals surface area contributed by atoms with Gasteiger partial charge in [0.15, 0.2) is 5.96 Å². The van der Waals surface area contributed by atoms with Gasteiger partial charge in [-0.2, -0.15) is 0 Å². The van der Waals surface area contributed by atoms with Crippen molar-refractivity contribution in [1.29, 1.82) is 0 Å². The van der Waals surface area contributed by atoms with Crippen molar-refractivity contribution in [3.05, 3.63) is 34.1 Å². The zero-order chi connectivity index (χ0) is 14.3. The van der Waals surface area contributed by atoms with E-state index < -0.39 is 0 Å². The minimum Gasteiger partial charge on any atom is -0.357 e. The molecule has 0 bridgehead atoms. The highest BCUT2D eigenvalue weighted by Crippen LogP contribution is 2.15. The van der Waals surface area contributed by atoms with E-state index in [0.717, 1.165) is 17.0 Å². The summed E-state index contributed by atoms with van der Waals surface area (Å²) in [4.78, 5) is 4.43. The van der Waals surface area contributed by atoms with Crippen molar-refractivity contribution in [3.63, 3.8) is 0 Å². The molecule has 5 heteroatoms. The molecule has 0 heterocycles. The predicted molar refractivity (Wildman–Crippen MR) is 82.1 cm³/mol. The Hall–Kier alpha value is -1.10. The molecule has 0 amide bonds. The number of halogens is 2. The molecule has 0 spiro atoms. The molecule has 106 valence electrons. The summed E-state index contributed by atoms with van der Waals surface area (Å²) in [6.45, 7) is 7.49. The summed E-state index contributed by atoms with van der Waals surface area (Å²) in [5.74, 6) is 0.591. The number of nitrogens with one attached hydrogen (secondary N) is 2. The molecular formula is C14H21BrFN3. The third kappa shape index (κ3) is 6.05. The molecule has 1 aromatic rings. The Bertz CT molecular complexity index is 433. The SMILES string of the molecule is CCNC(=NCCc1cc(Br)ccc1F)NC(C)C. The van der Waals surface area contributed by atoms with Gasteiger partial charge in [0, 0.05) is 23.6 Å². The van der Waals surface area contributed by atoms with Crippen molar-refractivity contribution in [2.75, 3.05) is 13.1 Å². The third-order valence-corrected chi connectivity index (χ3v) is 2.92. The molecule has 0 aliphatic carbocycles. The second kappa shape index (κ2) is 8.15. The Balaban J connectivity index is 2.60. The average molecular weight is 330 g/mol. The lowest BCUT2D eigenvalue weighted by Gasteiger charge is -2.13. The van der Waals surface area contributed by atoms with Gasteiger partial charge in [-0.05, 0) is 51.0 Å². The molecule has 2 N–H and O–H groups in total. The van der Waals surface area contributed by atoms with Gasteiger partial charge in [-0.15, -0.1) is 0 Å². The Kier molecular flexibility index (Phi) is 6.84. The van der Waals surface area contributed by atoms with Crippen LogP contribution in [0.2, 0.25) is 0 Å². The largest absolute Gasteiger partial charge is 0.357 e. The summed E-state index contributed by atoms with van der Waals surface area (Å²) < 4.78 is 14.4. The molecule has 0 radical (unpaired) electrons. The number of hydrogen-bond acceptors (Lipinski definition) is 1. The van der Waals surface area contributed by atoms with Crippen LogP contribution in [-0.2, 0) is 6.42 Å². The second-order valence-corrected chi connectivity index (χ2v) is 5.46. The van der Waals surface area contributed by atoms with Gasteiger partial charge in [0.05, 0.1) is 0 Å². The van der Waals surface area contributed by atoms with Crippen LogP contribution in [0.5, 0.6) is 0 Å². The van der Waals surface area contributed by atoms with Crippen LogP contribution < -0.4 is 10.6 Å². The van der Waals surface area contributed by atoms with Crippen LogP contribution in [0.4, 0.5) is 4.39 Å². The molecule has 0 unspecified atom stereocenters. The number of guanidine groups is 1. The maximum absolute atomic E-state index is 13.6. The lowest BCUT2D eigenvalue weighted by Crippen LogP contribution is -2.41. The number of rotatable bonds is 5. The van der Waals surface area contributed by atoms with E-state index in [-0.39, 0.29) is 5.82 Å². The first kappa shape index (κ1) is 16.0. The van der Waals surface area contributed by atoms with E-state index in [1.165, 1.54) is 6.07 Å². The van der Waals surface area contributed by atoms with Crippen LogP contribution in [0, 0.1) is 5.82 Å². The van der Waals surface area contributed by atoms with Crippen molar-refractivity contribution in [3.8, 4) is 0 Å². The molecule has 0 aromatic heterocycles. The van der Waals surface area contributed by atoms with E-state index in [2.05, 4.69) is 45.4 Å². The van der Waals surface area contributed by atoms with Crippen LogP contribution in [0.15, 0.2) is 27.7 Å². The lowest BCUT2D eigenvalue weighted by atomic mass is 10.1. The van der Waals surface area contributed by atoms with E-state index in [1.54, 1.807) is 12.1 Å². The smallest absolute Gasteiger partial charge is 0.191 e. The fourth-order valence-electron chi connectivity index (χ4n) is 1.62. The molecule has 1 rings (SSSR count). The third-order valence-electron chi connectivity index (χ3n) is 2.43. The molecule has 0 fully saturated rings. The maximum atomic E-state index is 13.6. The van der Waals surface area contributed by atoms with Crippen LogP contribution >= 0.6 is 15.9 Å². The highest BCUT2D eigenvalue weighted by atomic mass is 79.9. The summed E-state index contributed by atoms with van der Waals surface area (Å²) in [6.07, 6.45) is 0.583. The fourth-order valence-corrected chi connectivity index (χ4v) is 2.03. The number of nitrogens with zero attached hydrogens (tertiary/aromatic N) is 1. The predicted octanol–water partition coefficient (Wildman–Crippen LogP) is 3.09. The first-order chi connectivity index (χ1) is 9.02.